The quantitative estimate of drug-likeness (QED) is 0.507. The molecule has 28 heavy (non-hydrogen) atoms. The number of benzene rings is 1. The number of para-hydroxylation sites is 1. The van der Waals surface area contributed by atoms with E-state index in [1.165, 1.54) is 0 Å². The first-order valence-corrected chi connectivity index (χ1v) is 9.08. The van der Waals surface area contributed by atoms with E-state index in [2.05, 4.69) is 25.6 Å². The Kier molecular flexibility index (Phi) is 5.79. The molecule has 0 radical (unpaired) electrons. The standard InChI is InChI=1S/C19H23ClN8/c1-13-15(18(20)28(25-13)14-9-7-6-8-10-14)12-21-24-16-11-17(26(2)3)23-19(22-16)27(4)5/h6-12H,1-5H3,(H,22,23,24). The zero-order valence-electron chi connectivity index (χ0n) is 16.5. The van der Waals surface area contributed by atoms with Crippen LogP contribution in [0, 0.1) is 6.92 Å². The van der Waals surface area contributed by atoms with Gasteiger partial charge in [0, 0.05) is 34.3 Å². The molecule has 0 atom stereocenters. The van der Waals surface area contributed by atoms with Gasteiger partial charge in [0.1, 0.15) is 11.0 Å². The molecule has 0 aliphatic rings. The molecule has 0 saturated carbocycles. The van der Waals surface area contributed by atoms with Gasteiger partial charge in [-0.1, -0.05) is 29.8 Å². The predicted molar refractivity (Wildman–Crippen MR) is 115 cm³/mol. The summed E-state index contributed by atoms with van der Waals surface area (Å²) in [6.45, 7) is 1.89. The highest BCUT2D eigenvalue weighted by Crippen LogP contribution is 2.22. The average Bonchev–Trinajstić information content (AvgIpc) is 2.96. The Labute approximate surface area is 169 Å². The topological polar surface area (TPSA) is 74.5 Å². The minimum atomic E-state index is 0.500. The van der Waals surface area contributed by atoms with Crippen LogP contribution >= 0.6 is 11.6 Å². The van der Waals surface area contributed by atoms with E-state index in [4.69, 9.17) is 11.6 Å². The summed E-state index contributed by atoms with van der Waals surface area (Å²) in [6, 6.07) is 11.6. The third-order valence-electron chi connectivity index (χ3n) is 3.98. The van der Waals surface area contributed by atoms with Crippen molar-refractivity contribution in [2.45, 2.75) is 6.92 Å². The lowest BCUT2D eigenvalue weighted by molar-refractivity contribution is 0.863. The van der Waals surface area contributed by atoms with Crippen LogP contribution in [-0.2, 0) is 0 Å². The van der Waals surface area contributed by atoms with Crippen molar-refractivity contribution in [3.8, 4) is 5.69 Å². The van der Waals surface area contributed by atoms with Crippen LogP contribution in [0.2, 0.25) is 5.15 Å². The number of aromatic nitrogens is 4. The smallest absolute Gasteiger partial charge is 0.228 e. The molecule has 0 aliphatic heterocycles. The van der Waals surface area contributed by atoms with E-state index in [0.717, 1.165) is 22.8 Å². The van der Waals surface area contributed by atoms with Gasteiger partial charge >= 0.3 is 0 Å². The van der Waals surface area contributed by atoms with Gasteiger partial charge < -0.3 is 9.80 Å². The van der Waals surface area contributed by atoms with E-state index < -0.39 is 0 Å². The number of hydrogen-bond donors (Lipinski definition) is 1. The molecule has 2 aromatic heterocycles. The second kappa shape index (κ2) is 8.26. The van der Waals surface area contributed by atoms with Gasteiger partial charge in [-0.3, -0.25) is 5.43 Å². The second-order valence-electron chi connectivity index (χ2n) is 6.61. The first-order valence-electron chi connectivity index (χ1n) is 8.70. The molecule has 0 bridgehead atoms. The predicted octanol–water partition coefficient (Wildman–Crippen LogP) is 3.20. The van der Waals surface area contributed by atoms with E-state index >= 15 is 0 Å². The fourth-order valence-corrected chi connectivity index (χ4v) is 2.79. The third kappa shape index (κ3) is 4.23. The molecule has 0 fully saturated rings. The molecule has 1 N–H and O–H groups in total. The van der Waals surface area contributed by atoms with Gasteiger partial charge in [-0.05, 0) is 19.1 Å². The molecule has 3 rings (SSSR count). The highest BCUT2D eigenvalue weighted by Gasteiger charge is 2.13. The van der Waals surface area contributed by atoms with Crippen LogP contribution in [0.3, 0.4) is 0 Å². The minimum absolute atomic E-state index is 0.500. The van der Waals surface area contributed by atoms with E-state index in [1.54, 1.807) is 10.9 Å². The number of nitrogens with one attached hydrogen (secondary N) is 1. The largest absolute Gasteiger partial charge is 0.363 e. The van der Waals surface area contributed by atoms with E-state index in [9.17, 15) is 0 Å². The van der Waals surface area contributed by atoms with Gasteiger partial charge in [0.05, 0.1) is 23.2 Å². The Morgan fingerprint density at radius 3 is 2.43 bits per heavy atom. The van der Waals surface area contributed by atoms with E-state index in [0.29, 0.717) is 16.9 Å². The number of anilines is 3. The molecular formula is C19H23ClN8. The Bertz CT molecular complexity index is 953. The summed E-state index contributed by atoms with van der Waals surface area (Å²) in [5, 5.41) is 9.31. The maximum absolute atomic E-state index is 6.52. The Morgan fingerprint density at radius 1 is 1.07 bits per heavy atom. The minimum Gasteiger partial charge on any atom is -0.363 e. The lowest BCUT2D eigenvalue weighted by atomic mass is 10.3. The first-order chi connectivity index (χ1) is 13.4. The number of aryl methyl sites for hydroxylation is 1. The van der Waals surface area contributed by atoms with Crippen LogP contribution in [0.4, 0.5) is 17.6 Å². The Morgan fingerprint density at radius 2 is 1.79 bits per heavy atom. The Hall–Kier alpha value is -3.13. The van der Waals surface area contributed by atoms with Crippen molar-refractivity contribution in [3.05, 3.63) is 52.8 Å². The number of halogens is 1. The molecule has 0 unspecified atom stereocenters. The molecule has 9 heteroatoms. The van der Waals surface area contributed by atoms with Gasteiger partial charge in [-0.2, -0.15) is 20.2 Å². The van der Waals surface area contributed by atoms with E-state index in [-0.39, 0.29) is 0 Å². The van der Waals surface area contributed by atoms with Gasteiger partial charge in [0.15, 0.2) is 5.82 Å². The highest BCUT2D eigenvalue weighted by molar-refractivity contribution is 6.32. The Balaban J connectivity index is 1.85. The van der Waals surface area contributed by atoms with Crippen molar-refractivity contribution in [2.75, 3.05) is 43.4 Å². The molecule has 8 nitrogen and oxygen atoms in total. The zero-order chi connectivity index (χ0) is 20.3. The summed E-state index contributed by atoms with van der Waals surface area (Å²) in [6.07, 6.45) is 1.65. The van der Waals surface area contributed by atoms with Crippen LogP contribution < -0.4 is 15.2 Å². The molecule has 0 spiro atoms. The van der Waals surface area contributed by atoms with Gasteiger partial charge in [0.2, 0.25) is 5.95 Å². The SMILES string of the molecule is Cc1nn(-c2ccccc2)c(Cl)c1C=NNc1cc(N(C)C)nc(N(C)C)n1. The van der Waals surface area contributed by atoms with Crippen LogP contribution in [-0.4, -0.2) is 54.2 Å². The second-order valence-corrected chi connectivity index (χ2v) is 6.97. The molecule has 146 valence electrons. The number of hydrazone groups is 1. The maximum atomic E-state index is 6.52. The molecular weight excluding hydrogens is 376 g/mol. The lowest BCUT2D eigenvalue weighted by Crippen LogP contribution is -2.17. The maximum Gasteiger partial charge on any atom is 0.228 e. The average molecular weight is 399 g/mol. The summed E-state index contributed by atoms with van der Waals surface area (Å²) >= 11 is 6.52. The summed E-state index contributed by atoms with van der Waals surface area (Å²) in [5.41, 5.74) is 5.38. The number of hydrogen-bond acceptors (Lipinski definition) is 7. The number of rotatable bonds is 6. The van der Waals surface area contributed by atoms with Crippen molar-refractivity contribution >= 4 is 35.4 Å². The number of nitrogens with zero attached hydrogens (tertiary/aromatic N) is 7. The third-order valence-corrected chi connectivity index (χ3v) is 4.34. The van der Waals surface area contributed by atoms with Crippen LogP contribution in [0.5, 0.6) is 0 Å². The fourth-order valence-electron chi connectivity index (χ4n) is 2.47. The van der Waals surface area contributed by atoms with Crippen LogP contribution in [0.1, 0.15) is 11.3 Å². The summed E-state index contributed by atoms with van der Waals surface area (Å²) in [7, 11) is 7.64. The van der Waals surface area contributed by atoms with Gasteiger partial charge in [0.25, 0.3) is 0 Å². The summed E-state index contributed by atoms with van der Waals surface area (Å²) in [5.74, 6) is 1.96. The van der Waals surface area contributed by atoms with Gasteiger partial charge in [-0.15, -0.1) is 0 Å². The van der Waals surface area contributed by atoms with Crippen molar-refractivity contribution < 1.29 is 0 Å². The summed E-state index contributed by atoms with van der Waals surface area (Å²) in [4.78, 5) is 12.7. The lowest BCUT2D eigenvalue weighted by Gasteiger charge is -2.16. The normalized spacial score (nSPS) is 11.1. The first kappa shape index (κ1) is 19.6. The van der Waals surface area contributed by atoms with Crippen molar-refractivity contribution in [1.29, 1.82) is 0 Å². The zero-order valence-corrected chi connectivity index (χ0v) is 17.3. The van der Waals surface area contributed by atoms with Crippen molar-refractivity contribution in [3.63, 3.8) is 0 Å². The summed E-state index contributed by atoms with van der Waals surface area (Å²) < 4.78 is 1.69. The molecule has 0 saturated heterocycles. The fraction of sp³-hybridized carbons (Fsp3) is 0.263. The van der Waals surface area contributed by atoms with Gasteiger partial charge in [-0.25, -0.2) is 4.68 Å². The molecule has 0 amide bonds. The molecule has 2 heterocycles. The molecule has 0 aliphatic carbocycles. The molecule has 3 aromatic rings. The monoisotopic (exact) mass is 398 g/mol. The molecule has 1 aromatic carbocycles. The van der Waals surface area contributed by atoms with Crippen LogP contribution in [0.15, 0.2) is 41.5 Å². The van der Waals surface area contributed by atoms with E-state index in [1.807, 2.05) is 81.3 Å². The highest BCUT2D eigenvalue weighted by atomic mass is 35.5. The van der Waals surface area contributed by atoms with Crippen molar-refractivity contribution in [1.82, 2.24) is 19.7 Å². The van der Waals surface area contributed by atoms with Crippen LogP contribution in [0.25, 0.3) is 5.69 Å². The van der Waals surface area contributed by atoms with Crippen molar-refractivity contribution in [2.24, 2.45) is 5.10 Å².